The molecule has 1 amide bonds. The molecule has 0 unspecified atom stereocenters. The van der Waals surface area contributed by atoms with Gasteiger partial charge in [0.2, 0.25) is 15.9 Å². The number of sulfonamides is 1. The first-order chi connectivity index (χ1) is 15.9. The first-order valence-electron chi connectivity index (χ1n) is 10.0. The number of benzene rings is 2. The van der Waals surface area contributed by atoms with E-state index in [1.807, 2.05) is 0 Å². The van der Waals surface area contributed by atoms with E-state index in [1.54, 1.807) is 17.0 Å². The third-order valence-electron chi connectivity index (χ3n) is 5.31. The molecule has 0 atom stereocenters. The monoisotopic (exact) mass is 498 g/mol. The van der Waals surface area contributed by atoms with Crippen molar-refractivity contribution in [2.24, 2.45) is 0 Å². The van der Waals surface area contributed by atoms with Crippen molar-refractivity contribution in [3.05, 3.63) is 69.8 Å². The van der Waals surface area contributed by atoms with Crippen molar-refractivity contribution in [3.63, 3.8) is 0 Å². The van der Waals surface area contributed by atoms with Crippen LogP contribution in [-0.2, 0) is 21.0 Å². The second-order valence-corrected chi connectivity index (χ2v) is 9.27. The molecule has 0 spiro atoms. The third-order valence-corrected chi connectivity index (χ3v) is 6.74. The summed E-state index contributed by atoms with van der Waals surface area (Å²) < 4.78 is 64.4. The number of nitro benzene ring substituents is 1. The molecule has 0 saturated carbocycles. The number of alkyl halides is 3. The highest BCUT2D eigenvalue weighted by Crippen LogP contribution is 2.36. The summed E-state index contributed by atoms with van der Waals surface area (Å²) in [5, 5.41) is 11.3. The van der Waals surface area contributed by atoms with E-state index in [9.17, 15) is 36.5 Å². The average molecular weight is 498 g/mol. The Morgan fingerprint density at radius 3 is 2.24 bits per heavy atom. The van der Waals surface area contributed by atoms with Gasteiger partial charge < -0.3 is 9.80 Å². The number of rotatable bonds is 6. The van der Waals surface area contributed by atoms with Gasteiger partial charge >= 0.3 is 6.18 Å². The Balaban J connectivity index is 1.65. The Morgan fingerprint density at radius 1 is 1.09 bits per heavy atom. The van der Waals surface area contributed by atoms with Crippen LogP contribution in [0.3, 0.4) is 0 Å². The molecular formula is C21H21F3N4O5S. The van der Waals surface area contributed by atoms with Crippen molar-refractivity contribution in [2.75, 3.05) is 38.1 Å². The summed E-state index contributed by atoms with van der Waals surface area (Å²) in [6.07, 6.45) is -1.83. The van der Waals surface area contributed by atoms with E-state index in [2.05, 4.69) is 4.72 Å². The van der Waals surface area contributed by atoms with E-state index >= 15 is 0 Å². The van der Waals surface area contributed by atoms with Crippen molar-refractivity contribution in [3.8, 4) is 0 Å². The van der Waals surface area contributed by atoms with E-state index in [1.165, 1.54) is 36.2 Å². The van der Waals surface area contributed by atoms with Crippen molar-refractivity contribution in [1.29, 1.82) is 0 Å². The molecule has 34 heavy (non-hydrogen) atoms. The van der Waals surface area contributed by atoms with Gasteiger partial charge in [0.15, 0.2) is 0 Å². The largest absolute Gasteiger partial charge is 0.416 e. The molecule has 1 saturated heterocycles. The number of piperazine rings is 1. The Labute approximate surface area is 193 Å². The van der Waals surface area contributed by atoms with Gasteiger partial charge in [0.25, 0.3) is 5.69 Å². The van der Waals surface area contributed by atoms with E-state index < -0.39 is 32.4 Å². The number of halogens is 3. The summed E-state index contributed by atoms with van der Waals surface area (Å²) in [7, 11) is -2.26. The molecule has 2 aromatic carbocycles. The summed E-state index contributed by atoms with van der Waals surface area (Å²) in [5.74, 6) is -0.312. The fourth-order valence-electron chi connectivity index (χ4n) is 3.43. The van der Waals surface area contributed by atoms with Crippen LogP contribution in [0.4, 0.5) is 24.5 Å². The lowest BCUT2D eigenvalue weighted by molar-refractivity contribution is -0.384. The van der Waals surface area contributed by atoms with E-state index in [-0.39, 0.29) is 42.7 Å². The van der Waals surface area contributed by atoms with Crippen LogP contribution in [0.1, 0.15) is 11.1 Å². The number of carbonyl (C=O) groups is 1. The van der Waals surface area contributed by atoms with Gasteiger partial charge in [-0.3, -0.25) is 14.9 Å². The fourth-order valence-corrected chi connectivity index (χ4v) is 4.16. The third kappa shape index (κ3) is 5.72. The summed E-state index contributed by atoms with van der Waals surface area (Å²) in [6, 6.07) is 8.32. The molecule has 0 aromatic heterocycles. The van der Waals surface area contributed by atoms with Crippen LogP contribution in [0.15, 0.2) is 53.4 Å². The lowest BCUT2D eigenvalue weighted by Crippen LogP contribution is -2.48. The van der Waals surface area contributed by atoms with Gasteiger partial charge in [-0.1, -0.05) is 12.1 Å². The van der Waals surface area contributed by atoms with Crippen LogP contribution in [0, 0.1) is 10.1 Å². The summed E-state index contributed by atoms with van der Waals surface area (Å²) >= 11 is 0. The molecule has 0 aliphatic carbocycles. The predicted molar refractivity (Wildman–Crippen MR) is 119 cm³/mol. The Kier molecular flexibility index (Phi) is 7.26. The number of nitro groups is 1. The topological polar surface area (TPSA) is 113 Å². The molecule has 13 heteroatoms. The van der Waals surface area contributed by atoms with Gasteiger partial charge in [-0.2, -0.15) is 13.2 Å². The Bertz CT molecular complexity index is 1210. The first-order valence-corrected chi connectivity index (χ1v) is 11.5. The molecule has 1 aliphatic heterocycles. The molecule has 0 bridgehead atoms. The zero-order valence-corrected chi connectivity index (χ0v) is 18.8. The van der Waals surface area contributed by atoms with Crippen molar-refractivity contribution in [1.82, 2.24) is 9.62 Å². The van der Waals surface area contributed by atoms with E-state index in [0.717, 1.165) is 12.1 Å². The highest BCUT2D eigenvalue weighted by molar-refractivity contribution is 7.89. The normalized spacial score (nSPS) is 15.1. The summed E-state index contributed by atoms with van der Waals surface area (Å²) in [5.41, 5.74) is -1.06. The first kappa shape index (κ1) is 25.2. The Morgan fingerprint density at radius 2 is 1.71 bits per heavy atom. The van der Waals surface area contributed by atoms with Crippen LogP contribution in [0.25, 0.3) is 6.08 Å². The maximum absolute atomic E-state index is 12.9. The minimum absolute atomic E-state index is 0.0669. The minimum Gasteiger partial charge on any atom is -0.362 e. The highest BCUT2D eigenvalue weighted by Gasteiger charge is 2.34. The molecule has 0 radical (unpaired) electrons. The molecule has 1 heterocycles. The molecule has 182 valence electrons. The zero-order valence-electron chi connectivity index (χ0n) is 17.9. The summed E-state index contributed by atoms with van der Waals surface area (Å²) in [6.45, 7) is 0.867. The highest BCUT2D eigenvalue weighted by atomic mass is 32.2. The van der Waals surface area contributed by atoms with Gasteiger partial charge in [-0.15, -0.1) is 0 Å². The molecule has 1 aliphatic rings. The number of nitrogens with one attached hydrogen (secondary N) is 1. The van der Waals surface area contributed by atoms with Gasteiger partial charge in [0, 0.05) is 38.3 Å². The van der Waals surface area contributed by atoms with E-state index in [0.29, 0.717) is 11.6 Å². The lowest BCUT2D eigenvalue weighted by atomic mass is 10.1. The number of anilines is 1. The van der Waals surface area contributed by atoms with Gasteiger partial charge in [0.1, 0.15) is 5.69 Å². The SMILES string of the molecule is CNS(=O)(=O)c1ccc(/C=C/C(=O)N2CCN(c3ccc(C(F)(F)F)cc3[N+](=O)[O-])CC2)cc1. The predicted octanol–water partition coefficient (Wildman–Crippen LogP) is 2.88. The standard InChI is InChI=1S/C21H21F3N4O5S/c1-25-34(32,33)17-6-2-15(3-7-17)4-9-20(29)27-12-10-26(11-13-27)18-8-5-16(21(22,23)24)14-19(18)28(30)31/h2-9,14,25H,10-13H2,1H3/b9-4+. The van der Waals surface area contributed by atoms with Crippen LogP contribution in [0.2, 0.25) is 0 Å². The zero-order chi connectivity index (χ0) is 25.1. The lowest BCUT2D eigenvalue weighted by Gasteiger charge is -2.35. The molecule has 1 fully saturated rings. The van der Waals surface area contributed by atoms with Crippen LogP contribution >= 0.6 is 0 Å². The molecule has 1 N–H and O–H groups in total. The summed E-state index contributed by atoms with van der Waals surface area (Å²) in [4.78, 5) is 26.2. The molecule has 2 aromatic rings. The molecule has 9 nitrogen and oxygen atoms in total. The Hall–Kier alpha value is -3.45. The van der Waals surface area contributed by atoms with Gasteiger partial charge in [-0.05, 0) is 43.0 Å². The van der Waals surface area contributed by atoms with E-state index in [4.69, 9.17) is 0 Å². The van der Waals surface area contributed by atoms with Crippen LogP contribution in [0.5, 0.6) is 0 Å². The maximum atomic E-state index is 12.9. The van der Waals surface area contributed by atoms with Crippen LogP contribution in [-0.4, -0.2) is 57.4 Å². The molecule has 3 rings (SSSR count). The second kappa shape index (κ2) is 9.81. The van der Waals surface area contributed by atoms with Crippen LogP contribution < -0.4 is 9.62 Å². The van der Waals surface area contributed by atoms with Gasteiger partial charge in [0.05, 0.1) is 15.4 Å². The quantitative estimate of drug-likeness (QED) is 0.372. The maximum Gasteiger partial charge on any atom is 0.416 e. The second-order valence-electron chi connectivity index (χ2n) is 7.38. The number of amides is 1. The number of carbonyl (C=O) groups excluding carboxylic acids is 1. The fraction of sp³-hybridized carbons (Fsp3) is 0.286. The van der Waals surface area contributed by atoms with Gasteiger partial charge in [-0.25, -0.2) is 13.1 Å². The smallest absolute Gasteiger partial charge is 0.362 e. The number of hydrogen-bond donors (Lipinski definition) is 1. The number of hydrogen-bond acceptors (Lipinski definition) is 6. The minimum atomic E-state index is -4.69. The van der Waals surface area contributed by atoms with Crippen molar-refractivity contribution in [2.45, 2.75) is 11.1 Å². The van der Waals surface area contributed by atoms with Crippen molar-refractivity contribution >= 4 is 33.4 Å². The average Bonchev–Trinajstić information content (AvgIpc) is 2.82. The number of nitrogens with zero attached hydrogens (tertiary/aromatic N) is 3. The van der Waals surface area contributed by atoms with Crippen molar-refractivity contribution < 1.29 is 31.3 Å². The molecular weight excluding hydrogens is 477 g/mol.